The molecule has 0 atom stereocenters. The van der Waals surface area contributed by atoms with Gasteiger partial charge in [0.05, 0.1) is 6.10 Å². The van der Waals surface area contributed by atoms with E-state index < -0.39 is 11.5 Å². The molecule has 1 aliphatic carbocycles. The quantitative estimate of drug-likeness (QED) is 0.600. The van der Waals surface area contributed by atoms with Crippen molar-refractivity contribution in [3.63, 3.8) is 0 Å². The summed E-state index contributed by atoms with van der Waals surface area (Å²) in [6.07, 6.45) is 5.67. The lowest BCUT2D eigenvalue weighted by molar-refractivity contribution is -0.145. The van der Waals surface area contributed by atoms with Gasteiger partial charge in [-0.05, 0) is 39.5 Å². The molecule has 0 bridgehead atoms. The Hall–Kier alpha value is -1.30. The van der Waals surface area contributed by atoms with Crippen molar-refractivity contribution >= 4 is 12.0 Å². The Bertz CT molecular complexity index is 339. The molecule has 2 amide bonds. The second kappa shape index (κ2) is 8.87. The zero-order valence-electron chi connectivity index (χ0n) is 13.1. The van der Waals surface area contributed by atoms with Crippen LogP contribution in [0.25, 0.3) is 0 Å². The van der Waals surface area contributed by atoms with Crippen LogP contribution in [0.5, 0.6) is 0 Å². The van der Waals surface area contributed by atoms with Gasteiger partial charge in [-0.15, -0.1) is 0 Å². The van der Waals surface area contributed by atoms with E-state index in [1.54, 1.807) is 0 Å². The van der Waals surface area contributed by atoms with Crippen molar-refractivity contribution in [3.8, 4) is 0 Å². The molecule has 0 aromatic carbocycles. The summed E-state index contributed by atoms with van der Waals surface area (Å²) in [5.74, 6) is -0.928. The van der Waals surface area contributed by atoms with E-state index in [9.17, 15) is 14.7 Å². The van der Waals surface area contributed by atoms with Crippen LogP contribution in [0.15, 0.2) is 0 Å². The SMILES string of the molecule is CC(C)OCCCCNC(=O)NC1(C(=O)O)CCCCC1. The van der Waals surface area contributed by atoms with Gasteiger partial charge in [0.1, 0.15) is 5.54 Å². The fraction of sp³-hybridized carbons (Fsp3) is 0.867. The van der Waals surface area contributed by atoms with E-state index in [0.717, 1.165) is 32.1 Å². The van der Waals surface area contributed by atoms with E-state index in [1.807, 2.05) is 13.8 Å². The average Bonchev–Trinajstić information content (AvgIpc) is 2.43. The Balaban J connectivity index is 2.24. The number of aliphatic carboxylic acids is 1. The molecule has 1 fully saturated rings. The molecule has 6 nitrogen and oxygen atoms in total. The number of carbonyl (C=O) groups is 2. The lowest BCUT2D eigenvalue weighted by Gasteiger charge is -2.33. The third kappa shape index (κ3) is 6.33. The number of carboxylic acids is 1. The average molecular weight is 300 g/mol. The number of hydrogen-bond acceptors (Lipinski definition) is 3. The zero-order chi connectivity index (χ0) is 15.7. The molecular formula is C15H28N2O4. The van der Waals surface area contributed by atoms with Crippen LogP contribution in [0.4, 0.5) is 4.79 Å². The second-order valence-electron chi connectivity index (χ2n) is 5.96. The van der Waals surface area contributed by atoms with Gasteiger partial charge in [-0.2, -0.15) is 0 Å². The van der Waals surface area contributed by atoms with Gasteiger partial charge in [0, 0.05) is 13.2 Å². The molecule has 1 saturated carbocycles. The lowest BCUT2D eigenvalue weighted by atomic mass is 9.82. The maximum absolute atomic E-state index is 11.8. The molecule has 21 heavy (non-hydrogen) atoms. The number of ether oxygens (including phenoxy) is 1. The molecule has 3 N–H and O–H groups in total. The summed E-state index contributed by atoms with van der Waals surface area (Å²) in [6.45, 7) is 5.19. The highest BCUT2D eigenvalue weighted by molar-refractivity contribution is 5.86. The highest BCUT2D eigenvalue weighted by Crippen LogP contribution is 2.28. The van der Waals surface area contributed by atoms with Gasteiger partial charge in [-0.25, -0.2) is 9.59 Å². The van der Waals surface area contributed by atoms with E-state index in [-0.39, 0.29) is 12.1 Å². The Morgan fingerprint density at radius 2 is 1.86 bits per heavy atom. The van der Waals surface area contributed by atoms with Gasteiger partial charge in [0.15, 0.2) is 0 Å². The smallest absolute Gasteiger partial charge is 0.329 e. The van der Waals surface area contributed by atoms with Crippen molar-refractivity contribution in [1.82, 2.24) is 10.6 Å². The number of urea groups is 1. The van der Waals surface area contributed by atoms with Gasteiger partial charge in [0.25, 0.3) is 0 Å². The first-order valence-electron chi connectivity index (χ1n) is 7.87. The molecule has 0 radical (unpaired) electrons. The van der Waals surface area contributed by atoms with Crippen LogP contribution in [0, 0.1) is 0 Å². The van der Waals surface area contributed by atoms with Crippen LogP contribution in [0.1, 0.15) is 58.8 Å². The largest absolute Gasteiger partial charge is 0.480 e. The Kier molecular flexibility index (Phi) is 7.50. The molecule has 0 aromatic rings. The van der Waals surface area contributed by atoms with E-state index >= 15 is 0 Å². The molecule has 122 valence electrons. The van der Waals surface area contributed by atoms with Crippen LogP contribution in [0.2, 0.25) is 0 Å². The highest BCUT2D eigenvalue weighted by Gasteiger charge is 2.40. The van der Waals surface area contributed by atoms with Crippen molar-refractivity contribution in [2.24, 2.45) is 0 Å². The zero-order valence-corrected chi connectivity index (χ0v) is 13.1. The van der Waals surface area contributed by atoms with Gasteiger partial charge >= 0.3 is 12.0 Å². The molecule has 6 heteroatoms. The predicted octanol–water partition coefficient (Wildman–Crippen LogP) is 2.28. The third-order valence-electron chi connectivity index (χ3n) is 3.78. The van der Waals surface area contributed by atoms with E-state index in [4.69, 9.17) is 4.74 Å². The Morgan fingerprint density at radius 3 is 2.43 bits per heavy atom. The number of rotatable bonds is 8. The minimum atomic E-state index is -1.08. The highest BCUT2D eigenvalue weighted by atomic mass is 16.5. The first kappa shape index (κ1) is 17.8. The summed E-state index contributed by atoms with van der Waals surface area (Å²) < 4.78 is 5.41. The van der Waals surface area contributed by atoms with Crippen molar-refractivity contribution < 1.29 is 19.4 Å². The molecule has 0 aromatic heterocycles. The van der Waals surface area contributed by atoms with Crippen LogP contribution < -0.4 is 10.6 Å². The maximum atomic E-state index is 11.8. The summed E-state index contributed by atoms with van der Waals surface area (Å²) in [5.41, 5.74) is -1.08. The lowest BCUT2D eigenvalue weighted by Crippen LogP contribution is -2.58. The van der Waals surface area contributed by atoms with Crippen LogP contribution in [-0.2, 0) is 9.53 Å². The molecular weight excluding hydrogens is 272 g/mol. The minimum absolute atomic E-state index is 0.225. The van der Waals surface area contributed by atoms with Gasteiger partial charge in [-0.1, -0.05) is 19.3 Å². The van der Waals surface area contributed by atoms with E-state index in [2.05, 4.69) is 10.6 Å². The number of nitrogens with one attached hydrogen (secondary N) is 2. The molecule has 1 rings (SSSR count). The topological polar surface area (TPSA) is 87.7 Å². The van der Waals surface area contributed by atoms with Crippen LogP contribution in [-0.4, -0.2) is 41.9 Å². The number of hydrogen-bond donors (Lipinski definition) is 3. The van der Waals surface area contributed by atoms with Crippen molar-refractivity contribution in [3.05, 3.63) is 0 Å². The fourth-order valence-electron chi connectivity index (χ4n) is 2.56. The number of carbonyl (C=O) groups excluding carboxylic acids is 1. The molecule has 1 aliphatic rings. The Labute approximate surface area is 126 Å². The first-order valence-corrected chi connectivity index (χ1v) is 7.87. The maximum Gasteiger partial charge on any atom is 0.329 e. The summed E-state index contributed by atoms with van der Waals surface area (Å²) in [7, 11) is 0. The number of amides is 2. The molecule has 0 heterocycles. The van der Waals surface area contributed by atoms with Crippen molar-refractivity contribution in [2.75, 3.05) is 13.2 Å². The summed E-state index contributed by atoms with van der Waals surface area (Å²) in [5, 5.41) is 14.8. The molecule has 0 saturated heterocycles. The standard InChI is InChI=1S/C15H28N2O4/c1-12(2)21-11-7-6-10-16-14(20)17-15(13(18)19)8-4-3-5-9-15/h12H,3-11H2,1-2H3,(H,18,19)(H2,16,17,20). The minimum Gasteiger partial charge on any atom is -0.480 e. The van der Waals surface area contributed by atoms with Crippen LogP contribution in [0.3, 0.4) is 0 Å². The third-order valence-corrected chi connectivity index (χ3v) is 3.78. The van der Waals surface area contributed by atoms with E-state index in [0.29, 0.717) is 26.0 Å². The Morgan fingerprint density at radius 1 is 1.19 bits per heavy atom. The van der Waals surface area contributed by atoms with Crippen molar-refractivity contribution in [1.29, 1.82) is 0 Å². The number of carboxylic acid groups (broad SMARTS) is 1. The number of unbranched alkanes of at least 4 members (excludes halogenated alkanes) is 1. The normalized spacial score (nSPS) is 17.5. The monoisotopic (exact) mass is 300 g/mol. The summed E-state index contributed by atoms with van der Waals surface area (Å²) in [4.78, 5) is 23.3. The second-order valence-corrected chi connectivity index (χ2v) is 5.96. The van der Waals surface area contributed by atoms with Crippen molar-refractivity contribution in [2.45, 2.75) is 70.4 Å². The van der Waals surface area contributed by atoms with Gasteiger partial charge < -0.3 is 20.5 Å². The molecule has 0 aliphatic heterocycles. The summed E-state index contributed by atoms with van der Waals surface area (Å²) in [6, 6.07) is -0.385. The van der Waals surface area contributed by atoms with Gasteiger partial charge in [0.2, 0.25) is 0 Å². The predicted molar refractivity (Wildman–Crippen MR) is 80.3 cm³/mol. The first-order chi connectivity index (χ1) is 9.96. The molecule has 0 spiro atoms. The van der Waals surface area contributed by atoms with Crippen LogP contribution >= 0.6 is 0 Å². The molecule has 0 unspecified atom stereocenters. The fourth-order valence-corrected chi connectivity index (χ4v) is 2.56. The summed E-state index contributed by atoms with van der Waals surface area (Å²) >= 11 is 0. The van der Waals surface area contributed by atoms with E-state index in [1.165, 1.54) is 0 Å². The van der Waals surface area contributed by atoms with Gasteiger partial charge in [-0.3, -0.25) is 0 Å².